The summed E-state index contributed by atoms with van der Waals surface area (Å²) in [5.41, 5.74) is -1.46. The molecule has 1 aromatic heterocycles. The smallest absolute Gasteiger partial charge is 0.316 e. The van der Waals surface area contributed by atoms with Gasteiger partial charge in [-0.3, -0.25) is 14.2 Å². The lowest BCUT2D eigenvalue weighted by Crippen LogP contribution is -2.38. The van der Waals surface area contributed by atoms with Crippen molar-refractivity contribution in [1.82, 2.24) is 14.8 Å². The number of aliphatic carboxylic acids is 2. The van der Waals surface area contributed by atoms with Crippen LogP contribution in [0.3, 0.4) is 0 Å². The molecule has 2 heterocycles. The Balaban J connectivity index is 2.05. The Labute approximate surface area is 149 Å². The SMILES string of the molecule is COCc1nnc(C)n1C1SC2=C(CC(C)(C(=O)O)C2)C1(C)C(=O)O. The summed E-state index contributed by atoms with van der Waals surface area (Å²) < 4.78 is 6.96. The fourth-order valence-electron chi connectivity index (χ4n) is 3.64. The van der Waals surface area contributed by atoms with Crippen molar-refractivity contribution in [2.24, 2.45) is 10.8 Å². The van der Waals surface area contributed by atoms with Gasteiger partial charge in [-0.1, -0.05) is 0 Å². The highest BCUT2D eigenvalue weighted by Crippen LogP contribution is 2.65. The molecule has 136 valence electrons. The van der Waals surface area contributed by atoms with Gasteiger partial charge in [0.2, 0.25) is 0 Å². The van der Waals surface area contributed by atoms with Crippen LogP contribution in [0.25, 0.3) is 0 Å². The maximum atomic E-state index is 12.3. The summed E-state index contributed by atoms with van der Waals surface area (Å²) in [5, 5.41) is 27.2. The Morgan fingerprint density at radius 2 is 1.96 bits per heavy atom. The number of rotatable bonds is 5. The van der Waals surface area contributed by atoms with Crippen molar-refractivity contribution in [2.75, 3.05) is 7.11 Å². The standard InChI is InChI=1S/C16H21N3O5S/c1-8-17-18-11(7-24-4)19(8)12-16(3,14(22)23)9-5-15(2,13(20)21)6-10(9)25-12/h12H,5-7H2,1-4H3,(H,20,21)(H,22,23). The first kappa shape index (κ1) is 17.9. The molecule has 3 unspecified atom stereocenters. The third-order valence-corrected chi connectivity index (χ3v) is 6.82. The molecule has 0 saturated heterocycles. The van der Waals surface area contributed by atoms with Crippen LogP contribution in [-0.2, 0) is 20.9 Å². The molecule has 0 amide bonds. The topological polar surface area (TPSA) is 115 Å². The Hall–Kier alpha value is -1.87. The minimum atomic E-state index is -1.22. The number of thioether (sulfide) groups is 1. The van der Waals surface area contributed by atoms with Gasteiger partial charge in [-0.25, -0.2) is 0 Å². The van der Waals surface area contributed by atoms with E-state index in [2.05, 4.69) is 10.2 Å². The number of hydrogen-bond donors (Lipinski definition) is 2. The highest BCUT2D eigenvalue weighted by molar-refractivity contribution is 8.03. The van der Waals surface area contributed by atoms with Crippen LogP contribution < -0.4 is 0 Å². The van der Waals surface area contributed by atoms with E-state index < -0.39 is 28.1 Å². The van der Waals surface area contributed by atoms with Crippen molar-refractivity contribution in [3.05, 3.63) is 22.1 Å². The number of methoxy groups -OCH3 is 1. The summed E-state index contributed by atoms with van der Waals surface area (Å²) in [6.45, 7) is 5.34. The normalized spacial score (nSPS) is 31.4. The van der Waals surface area contributed by atoms with Crippen LogP contribution in [0.2, 0.25) is 0 Å². The summed E-state index contributed by atoms with van der Waals surface area (Å²) in [5.74, 6) is -0.695. The number of carboxylic acids is 2. The number of hydrogen-bond acceptors (Lipinski definition) is 6. The van der Waals surface area contributed by atoms with Gasteiger partial charge in [-0.15, -0.1) is 22.0 Å². The third-order valence-electron chi connectivity index (χ3n) is 5.23. The van der Waals surface area contributed by atoms with Gasteiger partial charge in [0.1, 0.15) is 23.2 Å². The van der Waals surface area contributed by atoms with Gasteiger partial charge < -0.3 is 14.9 Å². The third kappa shape index (κ3) is 2.48. The molecule has 3 rings (SSSR count). The lowest BCUT2D eigenvalue weighted by Gasteiger charge is -2.34. The average Bonchev–Trinajstić information content (AvgIpc) is 3.13. The van der Waals surface area contributed by atoms with E-state index in [4.69, 9.17) is 4.74 Å². The summed E-state index contributed by atoms with van der Waals surface area (Å²) in [4.78, 5) is 24.7. The number of nitrogens with zero attached hydrogens (tertiary/aromatic N) is 3. The number of carboxylic acid groups (broad SMARTS) is 2. The molecule has 2 N–H and O–H groups in total. The van der Waals surface area contributed by atoms with Gasteiger partial charge in [0.15, 0.2) is 5.82 Å². The van der Waals surface area contributed by atoms with Crippen LogP contribution in [0.5, 0.6) is 0 Å². The molecule has 0 saturated carbocycles. The van der Waals surface area contributed by atoms with Crippen molar-refractivity contribution in [1.29, 1.82) is 0 Å². The first-order valence-corrected chi connectivity index (χ1v) is 8.78. The molecular formula is C16H21N3O5S. The molecule has 9 heteroatoms. The lowest BCUT2D eigenvalue weighted by molar-refractivity contribution is -0.149. The Bertz CT molecular complexity index is 789. The lowest BCUT2D eigenvalue weighted by atomic mass is 9.77. The second-order valence-electron chi connectivity index (χ2n) is 7.07. The molecule has 0 fully saturated rings. The van der Waals surface area contributed by atoms with Gasteiger partial charge in [-0.2, -0.15) is 0 Å². The monoisotopic (exact) mass is 367 g/mol. The zero-order valence-corrected chi connectivity index (χ0v) is 15.4. The number of allylic oxidation sites excluding steroid dienone is 1. The van der Waals surface area contributed by atoms with Crippen LogP contribution in [0.1, 0.15) is 43.7 Å². The molecule has 3 atom stereocenters. The highest BCUT2D eigenvalue weighted by Gasteiger charge is 2.59. The van der Waals surface area contributed by atoms with Gasteiger partial charge >= 0.3 is 11.9 Å². The molecule has 8 nitrogen and oxygen atoms in total. The number of ether oxygens (including phenoxy) is 1. The van der Waals surface area contributed by atoms with Gasteiger partial charge in [-0.05, 0) is 44.1 Å². The van der Waals surface area contributed by atoms with E-state index in [1.54, 1.807) is 32.4 Å². The van der Waals surface area contributed by atoms with Crippen LogP contribution >= 0.6 is 11.8 Å². The minimum Gasteiger partial charge on any atom is -0.481 e. The predicted molar refractivity (Wildman–Crippen MR) is 89.8 cm³/mol. The quantitative estimate of drug-likeness (QED) is 0.814. The summed E-state index contributed by atoms with van der Waals surface area (Å²) in [6, 6.07) is 0. The first-order valence-electron chi connectivity index (χ1n) is 7.90. The maximum Gasteiger partial charge on any atom is 0.316 e. The molecular weight excluding hydrogens is 346 g/mol. The van der Waals surface area contributed by atoms with Crippen LogP contribution in [0.15, 0.2) is 10.5 Å². The fourth-order valence-corrected chi connectivity index (χ4v) is 5.60. The molecule has 0 aromatic carbocycles. The Morgan fingerprint density at radius 3 is 2.52 bits per heavy atom. The first-order chi connectivity index (χ1) is 11.6. The zero-order chi connectivity index (χ0) is 18.6. The summed E-state index contributed by atoms with van der Waals surface area (Å²) >= 11 is 1.41. The van der Waals surface area contributed by atoms with E-state index in [-0.39, 0.29) is 13.0 Å². The van der Waals surface area contributed by atoms with Crippen LogP contribution in [0.4, 0.5) is 0 Å². The predicted octanol–water partition coefficient (Wildman–Crippen LogP) is 2.21. The number of carbonyl (C=O) groups is 2. The van der Waals surface area contributed by atoms with E-state index in [0.29, 0.717) is 23.6 Å². The zero-order valence-electron chi connectivity index (χ0n) is 14.6. The van der Waals surface area contributed by atoms with E-state index in [1.807, 2.05) is 0 Å². The molecule has 25 heavy (non-hydrogen) atoms. The number of aryl methyl sites for hydroxylation is 1. The van der Waals surface area contributed by atoms with E-state index in [1.165, 1.54) is 11.8 Å². The van der Waals surface area contributed by atoms with Crippen molar-refractivity contribution >= 4 is 23.7 Å². The average molecular weight is 367 g/mol. The molecule has 2 aliphatic rings. The van der Waals surface area contributed by atoms with Crippen molar-refractivity contribution in [2.45, 2.75) is 45.6 Å². The minimum absolute atomic E-state index is 0.227. The fraction of sp³-hybridized carbons (Fsp3) is 0.625. The van der Waals surface area contributed by atoms with E-state index in [0.717, 1.165) is 4.91 Å². The molecule has 1 aromatic rings. The van der Waals surface area contributed by atoms with Gasteiger partial charge in [0.05, 0.1) is 5.41 Å². The summed E-state index contributed by atoms with van der Waals surface area (Å²) in [7, 11) is 1.54. The number of aromatic nitrogens is 3. The largest absolute Gasteiger partial charge is 0.481 e. The second-order valence-corrected chi connectivity index (χ2v) is 8.24. The molecule has 1 aliphatic carbocycles. The van der Waals surface area contributed by atoms with Crippen molar-refractivity contribution < 1.29 is 24.5 Å². The second kappa shape index (κ2) is 5.84. The highest BCUT2D eigenvalue weighted by atomic mass is 32.2. The Morgan fingerprint density at radius 1 is 1.28 bits per heavy atom. The van der Waals surface area contributed by atoms with Crippen LogP contribution in [-0.4, -0.2) is 44.0 Å². The van der Waals surface area contributed by atoms with Crippen molar-refractivity contribution in [3.63, 3.8) is 0 Å². The van der Waals surface area contributed by atoms with Gasteiger partial charge in [0.25, 0.3) is 0 Å². The molecule has 0 radical (unpaired) electrons. The van der Waals surface area contributed by atoms with Crippen molar-refractivity contribution in [3.8, 4) is 0 Å². The maximum absolute atomic E-state index is 12.3. The molecule has 1 aliphatic heterocycles. The molecule has 0 bridgehead atoms. The molecule has 0 spiro atoms. The summed E-state index contributed by atoms with van der Waals surface area (Å²) in [6.07, 6.45) is 0.591. The van der Waals surface area contributed by atoms with Crippen LogP contribution in [0, 0.1) is 17.8 Å². The van der Waals surface area contributed by atoms with E-state index in [9.17, 15) is 19.8 Å². The van der Waals surface area contributed by atoms with Gasteiger partial charge in [0, 0.05) is 7.11 Å². The Kier molecular flexibility index (Phi) is 4.19. The van der Waals surface area contributed by atoms with E-state index >= 15 is 0 Å².